The summed E-state index contributed by atoms with van der Waals surface area (Å²) in [5, 5.41) is 6.52. The van der Waals surface area contributed by atoms with Gasteiger partial charge in [0.1, 0.15) is 16.4 Å². The molecule has 0 saturated carbocycles. The lowest BCUT2D eigenvalue weighted by atomic mass is 9.85. The summed E-state index contributed by atoms with van der Waals surface area (Å²) < 4.78 is 45.9. The van der Waals surface area contributed by atoms with Gasteiger partial charge in [-0.2, -0.15) is 4.31 Å². The van der Waals surface area contributed by atoms with E-state index >= 15 is 0 Å². The van der Waals surface area contributed by atoms with Gasteiger partial charge in [-0.25, -0.2) is 12.8 Å². The van der Waals surface area contributed by atoms with E-state index in [1.807, 2.05) is 6.92 Å². The van der Waals surface area contributed by atoms with Crippen LogP contribution in [0.5, 0.6) is 0 Å². The second-order valence-electron chi connectivity index (χ2n) is 7.49. The Kier molecular flexibility index (Phi) is 6.38. The summed E-state index contributed by atoms with van der Waals surface area (Å²) in [5.74, 6) is -0.443. The summed E-state index contributed by atoms with van der Waals surface area (Å²) in [6.07, 6.45) is 1.16. The molecule has 0 bridgehead atoms. The van der Waals surface area contributed by atoms with Crippen LogP contribution in [0.25, 0.3) is 0 Å². The first-order chi connectivity index (χ1) is 13.7. The summed E-state index contributed by atoms with van der Waals surface area (Å²) in [6.45, 7) is 5.83. The van der Waals surface area contributed by atoms with E-state index in [0.717, 1.165) is 0 Å². The summed E-state index contributed by atoms with van der Waals surface area (Å²) in [4.78, 5) is 12.6. The minimum absolute atomic E-state index is 0.0618. The highest BCUT2D eigenvalue weighted by Crippen LogP contribution is 2.30. The third-order valence-corrected chi connectivity index (χ3v) is 7.74. The van der Waals surface area contributed by atoms with Gasteiger partial charge in [0.15, 0.2) is 5.76 Å². The van der Waals surface area contributed by atoms with Crippen molar-refractivity contribution in [3.8, 4) is 0 Å². The Morgan fingerprint density at radius 3 is 2.55 bits per heavy atom. The van der Waals surface area contributed by atoms with Crippen molar-refractivity contribution in [2.75, 3.05) is 13.1 Å². The first kappa shape index (κ1) is 21.4. The largest absolute Gasteiger partial charge is 0.360 e. The molecule has 1 fully saturated rings. The Labute approximate surface area is 170 Å². The summed E-state index contributed by atoms with van der Waals surface area (Å²) in [5.41, 5.74) is 0.791. The van der Waals surface area contributed by atoms with Gasteiger partial charge in [-0.1, -0.05) is 30.3 Å². The molecule has 7 nitrogen and oxygen atoms in total. The van der Waals surface area contributed by atoms with E-state index in [1.54, 1.807) is 32.0 Å². The number of aromatic nitrogens is 1. The highest BCUT2D eigenvalue weighted by molar-refractivity contribution is 7.89. The van der Waals surface area contributed by atoms with Crippen molar-refractivity contribution in [1.29, 1.82) is 0 Å². The predicted molar refractivity (Wildman–Crippen MR) is 105 cm³/mol. The standard InChI is InChI=1S/C20H26FN3O4S/c1-13(20(25)22-12-17-6-4-5-7-18(17)21)16-8-10-24(11-9-16)29(26,27)19-14(2)23-28-15(19)3/h4-7,13,16H,8-12H2,1-3H3,(H,22,25)/t13-/m1/s1. The highest BCUT2D eigenvalue weighted by atomic mass is 32.2. The molecule has 1 atom stereocenters. The molecule has 3 rings (SSSR count). The highest BCUT2D eigenvalue weighted by Gasteiger charge is 2.36. The molecule has 0 radical (unpaired) electrons. The van der Waals surface area contributed by atoms with E-state index in [9.17, 15) is 17.6 Å². The number of nitrogens with zero attached hydrogens (tertiary/aromatic N) is 2. The van der Waals surface area contributed by atoms with Crippen LogP contribution >= 0.6 is 0 Å². The maximum absolute atomic E-state index is 13.7. The molecule has 1 aromatic carbocycles. The van der Waals surface area contributed by atoms with Gasteiger partial charge < -0.3 is 9.84 Å². The van der Waals surface area contributed by atoms with Crippen molar-refractivity contribution in [3.05, 3.63) is 47.1 Å². The van der Waals surface area contributed by atoms with Crippen molar-refractivity contribution in [2.45, 2.75) is 45.1 Å². The van der Waals surface area contributed by atoms with Gasteiger partial charge in [0.25, 0.3) is 0 Å². The van der Waals surface area contributed by atoms with E-state index < -0.39 is 10.0 Å². The molecular formula is C20H26FN3O4S. The van der Waals surface area contributed by atoms with Gasteiger partial charge in [-0.3, -0.25) is 4.79 Å². The fourth-order valence-electron chi connectivity index (χ4n) is 3.79. The number of benzene rings is 1. The Morgan fingerprint density at radius 2 is 1.97 bits per heavy atom. The van der Waals surface area contributed by atoms with E-state index in [2.05, 4.69) is 10.5 Å². The number of nitrogens with one attached hydrogen (secondary N) is 1. The van der Waals surface area contributed by atoms with E-state index in [-0.39, 0.29) is 40.8 Å². The number of piperidine rings is 1. The van der Waals surface area contributed by atoms with Crippen LogP contribution in [0.4, 0.5) is 4.39 Å². The molecule has 0 aliphatic carbocycles. The summed E-state index contributed by atoms with van der Waals surface area (Å²) >= 11 is 0. The monoisotopic (exact) mass is 423 g/mol. The van der Waals surface area contributed by atoms with E-state index in [1.165, 1.54) is 10.4 Å². The number of aryl methyl sites for hydroxylation is 2. The topological polar surface area (TPSA) is 92.5 Å². The SMILES string of the molecule is Cc1noc(C)c1S(=O)(=O)N1CCC([C@@H](C)C(=O)NCc2ccccc2F)CC1. The lowest BCUT2D eigenvalue weighted by molar-refractivity contribution is -0.126. The van der Waals surface area contributed by atoms with Gasteiger partial charge in [0.2, 0.25) is 15.9 Å². The molecule has 1 aromatic heterocycles. The Hall–Kier alpha value is -2.26. The second-order valence-corrected chi connectivity index (χ2v) is 9.37. The molecule has 158 valence electrons. The summed E-state index contributed by atoms with van der Waals surface area (Å²) in [7, 11) is -3.67. The molecule has 1 saturated heterocycles. The average molecular weight is 424 g/mol. The third-order valence-electron chi connectivity index (χ3n) is 5.60. The molecule has 1 aliphatic heterocycles. The molecule has 1 N–H and O–H groups in total. The quantitative estimate of drug-likeness (QED) is 0.771. The molecular weight excluding hydrogens is 397 g/mol. The fraction of sp³-hybridized carbons (Fsp3) is 0.500. The minimum atomic E-state index is -3.67. The number of hydrogen-bond acceptors (Lipinski definition) is 5. The smallest absolute Gasteiger partial charge is 0.248 e. The van der Waals surface area contributed by atoms with Crippen LogP contribution in [-0.4, -0.2) is 36.9 Å². The lowest BCUT2D eigenvalue weighted by Gasteiger charge is -2.33. The van der Waals surface area contributed by atoms with Crippen LogP contribution in [0.3, 0.4) is 0 Å². The zero-order chi connectivity index (χ0) is 21.2. The van der Waals surface area contributed by atoms with Gasteiger partial charge in [-0.05, 0) is 38.7 Å². The Bertz CT molecular complexity index is 962. The molecule has 0 unspecified atom stereocenters. The molecule has 2 heterocycles. The number of sulfonamides is 1. The van der Waals surface area contributed by atoms with Crippen LogP contribution in [0.15, 0.2) is 33.7 Å². The summed E-state index contributed by atoms with van der Waals surface area (Å²) in [6, 6.07) is 6.33. The molecule has 29 heavy (non-hydrogen) atoms. The second kappa shape index (κ2) is 8.62. The molecule has 2 aromatic rings. The molecule has 0 spiro atoms. The van der Waals surface area contributed by atoms with E-state index in [4.69, 9.17) is 4.52 Å². The maximum atomic E-state index is 13.7. The van der Waals surface area contributed by atoms with Crippen molar-refractivity contribution < 1.29 is 22.1 Å². The fourth-order valence-corrected chi connectivity index (χ4v) is 5.55. The number of rotatable bonds is 6. The number of carbonyl (C=O) groups excluding carboxylic acids is 1. The molecule has 9 heteroatoms. The van der Waals surface area contributed by atoms with Gasteiger partial charge in [0.05, 0.1) is 0 Å². The van der Waals surface area contributed by atoms with Crippen LogP contribution in [-0.2, 0) is 21.4 Å². The zero-order valence-electron chi connectivity index (χ0n) is 16.8. The van der Waals surface area contributed by atoms with Crippen LogP contribution in [0.1, 0.15) is 36.8 Å². The first-order valence-corrected chi connectivity index (χ1v) is 11.1. The number of halogens is 1. The van der Waals surface area contributed by atoms with Crippen molar-refractivity contribution in [1.82, 2.24) is 14.8 Å². The number of carbonyl (C=O) groups is 1. The zero-order valence-corrected chi connectivity index (χ0v) is 17.6. The van der Waals surface area contributed by atoms with Gasteiger partial charge >= 0.3 is 0 Å². The minimum Gasteiger partial charge on any atom is -0.360 e. The van der Waals surface area contributed by atoms with Gasteiger partial charge in [-0.15, -0.1) is 0 Å². The molecule has 1 aliphatic rings. The Morgan fingerprint density at radius 1 is 1.31 bits per heavy atom. The Balaban J connectivity index is 1.57. The van der Waals surface area contributed by atoms with Crippen LogP contribution < -0.4 is 5.32 Å². The maximum Gasteiger partial charge on any atom is 0.248 e. The van der Waals surface area contributed by atoms with Crippen LogP contribution in [0.2, 0.25) is 0 Å². The average Bonchev–Trinajstić information content (AvgIpc) is 3.05. The molecule has 1 amide bonds. The van der Waals surface area contributed by atoms with Crippen molar-refractivity contribution in [3.63, 3.8) is 0 Å². The van der Waals surface area contributed by atoms with Crippen molar-refractivity contribution in [2.24, 2.45) is 11.8 Å². The first-order valence-electron chi connectivity index (χ1n) is 9.66. The number of amides is 1. The van der Waals surface area contributed by atoms with E-state index in [0.29, 0.717) is 37.2 Å². The van der Waals surface area contributed by atoms with Gasteiger partial charge in [0, 0.05) is 31.1 Å². The third kappa shape index (κ3) is 4.51. The predicted octanol–water partition coefficient (Wildman–Crippen LogP) is 2.78. The van der Waals surface area contributed by atoms with Crippen molar-refractivity contribution >= 4 is 15.9 Å². The lowest BCUT2D eigenvalue weighted by Crippen LogP contribution is -2.42. The van der Waals surface area contributed by atoms with Crippen LogP contribution in [0, 0.1) is 31.5 Å². The number of hydrogen-bond donors (Lipinski definition) is 1. The normalized spacial score (nSPS) is 17.2.